The Hall–Kier alpha value is -2.75. The van der Waals surface area contributed by atoms with Crippen LogP contribution >= 0.6 is 0 Å². The maximum atomic E-state index is 12.0. The van der Waals surface area contributed by atoms with E-state index >= 15 is 0 Å². The molecule has 0 saturated heterocycles. The molecule has 0 fully saturated rings. The highest BCUT2D eigenvalue weighted by atomic mass is 16.3. The molecule has 2 rings (SSSR count). The predicted molar refractivity (Wildman–Crippen MR) is 125 cm³/mol. The van der Waals surface area contributed by atoms with E-state index in [-0.39, 0.29) is 23.4 Å². The minimum Gasteiger partial charge on any atom is -0.507 e. The molecule has 0 saturated carbocycles. The summed E-state index contributed by atoms with van der Waals surface area (Å²) in [5.74, 6) is 0.0120. The summed E-state index contributed by atoms with van der Waals surface area (Å²) in [5.41, 5.74) is 5.48. The molecule has 4 nitrogen and oxygen atoms in total. The quantitative estimate of drug-likeness (QED) is 0.497. The number of amides is 1. The van der Waals surface area contributed by atoms with Gasteiger partial charge in [-0.1, -0.05) is 55.7 Å². The average Bonchev–Trinajstić information content (AvgIpc) is 2.66. The van der Waals surface area contributed by atoms with Crippen LogP contribution in [0.4, 0.5) is 0 Å². The van der Waals surface area contributed by atoms with Crippen LogP contribution in [0.15, 0.2) is 30.8 Å². The van der Waals surface area contributed by atoms with Crippen LogP contribution in [0.1, 0.15) is 75.3 Å². The highest BCUT2D eigenvalue weighted by Crippen LogP contribution is 2.47. The second-order valence-electron chi connectivity index (χ2n) is 8.28. The smallest absolute Gasteiger partial charge is 0.219 e. The molecule has 2 aromatic carbocycles. The van der Waals surface area contributed by atoms with Crippen molar-refractivity contribution in [3.05, 3.63) is 53.1 Å². The van der Waals surface area contributed by atoms with Crippen LogP contribution in [0.3, 0.4) is 0 Å². The summed E-state index contributed by atoms with van der Waals surface area (Å²) >= 11 is 0. The van der Waals surface area contributed by atoms with Crippen molar-refractivity contribution in [2.24, 2.45) is 0 Å². The Labute approximate surface area is 180 Å². The number of nitrogens with zero attached hydrogens (tertiary/aromatic N) is 1. The van der Waals surface area contributed by atoms with Crippen molar-refractivity contribution in [1.82, 2.24) is 4.90 Å². The summed E-state index contributed by atoms with van der Waals surface area (Å²) in [7, 11) is 1.74. The van der Waals surface area contributed by atoms with E-state index in [9.17, 15) is 15.0 Å². The fourth-order valence-electron chi connectivity index (χ4n) is 3.93. The zero-order valence-electron chi connectivity index (χ0n) is 19.2. The number of rotatable bonds is 8. The summed E-state index contributed by atoms with van der Waals surface area (Å²) in [6, 6.07) is 7.35. The van der Waals surface area contributed by atoms with Crippen molar-refractivity contribution < 1.29 is 15.0 Å². The average molecular weight is 410 g/mol. The predicted octanol–water partition coefficient (Wildman–Crippen LogP) is 6.38. The summed E-state index contributed by atoms with van der Waals surface area (Å²) in [5, 5.41) is 22.4. The van der Waals surface area contributed by atoms with Gasteiger partial charge in [-0.2, -0.15) is 0 Å². The number of aryl methyl sites for hydroxylation is 2. The molecule has 0 aliphatic heterocycles. The second-order valence-corrected chi connectivity index (χ2v) is 8.28. The second kappa shape index (κ2) is 9.84. The molecule has 2 aromatic rings. The minimum atomic E-state index is -0.323. The Morgan fingerprint density at radius 2 is 1.83 bits per heavy atom. The lowest BCUT2D eigenvalue weighted by molar-refractivity contribution is -0.129. The number of phenolic OH excluding ortho intramolecular Hbond substituents is 2. The number of carbonyl (C=O) groups is 1. The minimum absolute atomic E-state index is 0.0372. The molecule has 0 aromatic heterocycles. The molecular weight excluding hydrogens is 374 g/mol. The lowest BCUT2D eigenvalue weighted by Crippen LogP contribution is -2.28. The Kier molecular flexibility index (Phi) is 7.71. The topological polar surface area (TPSA) is 60.8 Å². The first kappa shape index (κ1) is 23.5. The summed E-state index contributed by atoms with van der Waals surface area (Å²) < 4.78 is 0. The van der Waals surface area contributed by atoms with Gasteiger partial charge in [-0.05, 0) is 56.4 Å². The van der Waals surface area contributed by atoms with Gasteiger partial charge in [0.1, 0.15) is 11.5 Å². The van der Waals surface area contributed by atoms with E-state index < -0.39 is 0 Å². The van der Waals surface area contributed by atoms with Gasteiger partial charge in [0.2, 0.25) is 5.91 Å². The number of unbranched alkanes of at least 4 members (excludes halogenated alkanes) is 2. The van der Waals surface area contributed by atoms with E-state index in [0.29, 0.717) is 11.1 Å². The summed E-state index contributed by atoms with van der Waals surface area (Å²) in [6.07, 6.45) is 3.85. The number of aromatic hydroxyl groups is 2. The molecule has 0 heterocycles. The molecule has 0 radical (unpaired) electrons. The number of phenols is 2. The Morgan fingerprint density at radius 3 is 2.40 bits per heavy atom. The molecule has 0 bridgehead atoms. The SMILES string of the molecule is C=C(C)c1ccc(C)cc1-c1c(O)cc(CCCCC)c(C(C)N(C)C(C)=O)c1O. The van der Waals surface area contributed by atoms with Gasteiger partial charge < -0.3 is 15.1 Å². The van der Waals surface area contributed by atoms with Gasteiger partial charge in [-0.25, -0.2) is 0 Å². The van der Waals surface area contributed by atoms with E-state index in [1.165, 1.54) is 6.92 Å². The largest absolute Gasteiger partial charge is 0.507 e. The summed E-state index contributed by atoms with van der Waals surface area (Å²) in [6.45, 7) is 13.5. The van der Waals surface area contributed by atoms with Crippen molar-refractivity contribution in [3.8, 4) is 22.6 Å². The van der Waals surface area contributed by atoms with Crippen molar-refractivity contribution >= 4 is 11.5 Å². The van der Waals surface area contributed by atoms with Crippen LogP contribution in [0, 0.1) is 6.92 Å². The van der Waals surface area contributed by atoms with Gasteiger partial charge >= 0.3 is 0 Å². The molecule has 4 heteroatoms. The van der Waals surface area contributed by atoms with E-state index in [2.05, 4.69) is 13.5 Å². The fourth-order valence-corrected chi connectivity index (χ4v) is 3.93. The Bertz CT molecular complexity index is 946. The highest BCUT2D eigenvalue weighted by Gasteiger charge is 2.26. The maximum absolute atomic E-state index is 12.0. The van der Waals surface area contributed by atoms with Crippen LogP contribution in [0.5, 0.6) is 11.5 Å². The molecule has 1 unspecified atom stereocenters. The van der Waals surface area contributed by atoms with Gasteiger partial charge in [0.25, 0.3) is 0 Å². The van der Waals surface area contributed by atoms with E-state index in [1.807, 2.05) is 39.0 Å². The van der Waals surface area contributed by atoms with Crippen LogP contribution in [0.2, 0.25) is 0 Å². The lowest BCUT2D eigenvalue weighted by Gasteiger charge is -2.28. The van der Waals surface area contributed by atoms with Gasteiger partial charge in [0.15, 0.2) is 0 Å². The third kappa shape index (κ3) is 4.86. The van der Waals surface area contributed by atoms with Gasteiger partial charge in [-0.15, -0.1) is 0 Å². The molecule has 0 aliphatic rings. The number of benzene rings is 2. The molecule has 0 aliphatic carbocycles. The van der Waals surface area contributed by atoms with Crippen molar-refractivity contribution in [2.75, 3.05) is 7.05 Å². The molecule has 1 amide bonds. The van der Waals surface area contributed by atoms with Crippen LogP contribution in [-0.2, 0) is 11.2 Å². The monoisotopic (exact) mass is 409 g/mol. The van der Waals surface area contributed by atoms with E-state index in [1.54, 1.807) is 18.0 Å². The Morgan fingerprint density at radius 1 is 1.17 bits per heavy atom. The molecular formula is C26H35NO3. The summed E-state index contributed by atoms with van der Waals surface area (Å²) in [4.78, 5) is 13.7. The number of hydrogen-bond acceptors (Lipinski definition) is 3. The molecule has 0 spiro atoms. The first-order valence-corrected chi connectivity index (χ1v) is 10.7. The first-order valence-electron chi connectivity index (χ1n) is 10.7. The zero-order chi connectivity index (χ0) is 22.6. The standard InChI is InChI=1S/C26H35NO3/c1-8-9-10-11-20-15-23(29)25(22-14-17(4)12-13-21(22)16(2)3)26(30)24(20)18(5)27(7)19(6)28/h12-15,18,29-30H,2,8-11H2,1,3-7H3. The number of allylic oxidation sites excluding steroid dienone is 1. The van der Waals surface area contributed by atoms with Crippen molar-refractivity contribution in [3.63, 3.8) is 0 Å². The van der Waals surface area contributed by atoms with E-state index in [0.717, 1.165) is 53.5 Å². The maximum Gasteiger partial charge on any atom is 0.219 e. The number of carbonyl (C=O) groups excluding carboxylic acids is 1. The van der Waals surface area contributed by atoms with Crippen molar-refractivity contribution in [2.45, 2.75) is 66.3 Å². The third-order valence-corrected chi connectivity index (χ3v) is 5.85. The van der Waals surface area contributed by atoms with Crippen LogP contribution < -0.4 is 0 Å². The van der Waals surface area contributed by atoms with Crippen LogP contribution in [-0.4, -0.2) is 28.1 Å². The zero-order valence-corrected chi connectivity index (χ0v) is 19.2. The third-order valence-electron chi connectivity index (χ3n) is 5.85. The van der Waals surface area contributed by atoms with Gasteiger partial charge in [0.05, 0.1) is 11.6 Å². The normalized spacial score (nSPS) is 11.9. The first-order chi connectivity index (χ1) is 14.1. The molecule has 2 N–H and O–H groups in total. The molecule has 162 valence electrons. The van der Waals surface area contributed by atoms with Gasteiger partial charge in [-0.3, -0.25) is 4.79 Å². The van der Waals surface area contributed by atoms with E-state index in [4.69, 9.17) is 0 Å². The number of hydrogen-bond donors (Lipinski definition) is 2. The van der Waals surface area contributed by atoms with Crippen LogP contribution in [0.25, 0.3) is 16.7 Å². The molecule has 1 atom stereocenters. The lowest BCUT2D eigenvalue weighted by atomic mass is 9.87. The highest BCUT2D eigenvalue weighted by molar-refractivity contribution is 5.87. The Balaban J connectivity index is 2.78. The van der Waals surface area contributed by atoms with Gasteiger partial charge in [0, 0.05) is 19.5 Å². The molecule has 30 heavy (non-hydrogen) atoms. The fraction of sp³-hybridized carbons (Fsp3) is 0.423. The van der Waals surface area contributed by atoms with Crippen molar-refractivity contribution in [1.29, 1.82) is 0 Å².